The molecule has 0 radical (unpaired) electrons. The van der Waals surface area contributed by atoms with Crippen molar-refractivity contribution in [3.63, 3.8) is 0 Å². The van der Waals surface area contributed by atoms with Crippen molar-refractivity contribution in [3.8, 4) is 34.9 Å². The Bertz CT molecular complexity index is 5180. The van der Waals surface area contributed by atoms with E-state index in [0.717, 1.165) is 154 Å². The summed E-state index contributed by atoms with van der Waals surface area (Å²) in [5.74, 6) is 0. The van der Waals surface area contributed by atoms with Crippen molar-refractivity contribution in [2.45, 2.75) is 13.8 Å². The molecule has 0 saturated carbocycles. The van der Waals surface area contributed by atoms with Crippen molar-refractivity contribution >= 4 is 131 Å². The van der Waals surface area contributed by atoms with Gasteiger partial charge in [-0.3, -0.25) is 0 Å². The first-order valence-corrected chi connectivity index (χ1v) is 26.2. The maximum atomic E-state index is 12.4. The molecule has 0 spiro atoms. The van der Waals surface area contributed by atoms with Crippen LogP contribution in [0.1, 0.15) is 22.3 Å². The lowest BCUT2D eigenvalue weighted by Crippen LogP contribution is -2.17. The predicted molar refractivity (Wildman–Crippen MR) is 317 cm³/mol. The molecule has 0 amide bonds. The van der Waals surface area contributed by atoms with E-state index in [1.807, 2.05) is 36.4 Å². The summed E-state index contributed by atoms with van der Waals surface area (Å²) in [7, 11) is 0. The molecule has 0 bridgehead atoms. The van der Waals surface area contributed by atoms with E-state index in [0.29, 0.717) is 11.4 Å². The van der Waals surface area contributed by atoms with E-state index in [2.05, 4.69) is 214 Å². The first-order valence-electron chi connectivity index (χ1n) is 26.2. The summed E-state index contributed by atoms with van der Waals surface area (Å²) in [4.78, 5) is 0. The van der Waals surface area contributed by atoms with E-state index < -0.39 is 0 Å². The third kappa shape index (κ3) is 5.49. The summed E-state index contributed by atoms with van der Waals surface area (Å²) >= 11 is 0. The van der Waals surface area contributed by atoms with Crippen LogP contribution in [-0.2, 0) is 0 Å². The van der Waals surface area contributed by atoms with Gasteiger partial charge in [0.2, 0.25) is 0 Å². The zero-order valence-electron chi connectivity index (χ0n) is 42.1. The SMILES string of the molecule is Cc1ccc2c(c1)c1cc3c(cc1n2-c1c(C#N)c(C#N)c(-n2c4ccc(C)cc4c4cc5c(cc42)oc2ccccc25)c(-n2c4ccccc4c4ccccc42)c1-n1c2ccccc2c2ccccc21)oc1ccccc13. The molecule has 0 atom stereocenters. The highest BCUT2D eigenvalue weighted by molar-refractivity contribution is 6.21. The van der Waals surface area contributed by atoms with Crippen molar-refractivity contribution < 1.29 is 8.83 Å². The lowest BCUT2D eigenvalue weighted by atomic mass is 9.98. The van der Waals surface area contributed by atoms with Crippen LogP contribution in [0.2, 0.25) is 0 Å². The number of para-hydroxylation sites is 6. The number of fused-ring (bicyclic) bond motifs is 18. The minimum absolute atomic E-state index is 0.227. The van der Waals surface area contributed by atoms with Gasteiger partial charge in [-0.25, -0.2) is 0 Å². The largest absolute Gasteiger partial charge is 0.456 e. The summed E-state index contributed by atoms with van der Waals surface area (Å²) in [5.41, 5.74) is 15.5. The van der Waals surface area contributed by atoms with E-state index in [1.54, 1.807) is 0 Å². The third-order valence-corrected chi connectivity index (χ3v) is 16.5. The fraction of sp³-hybridized carbons (Fsp3) is 0.0286. The van der Waals surface area contributed by atoms with Crippen LogP contribution in [0.25, 0.3) is 154 Å². The maximum Gasteiger partial charge on any atom is 0.137 e. The van der Waals surface area contributed by atoms with Gasteiger partial charge in [-0.05, 0) is 86.6 Å². The lowest BCUT2D eigenvalue weighted by Gasteiger charge is -2.27. The van der Waals surface area contributed by atoms with E-state index in [1.165, 1.54) is 0 Å². The number of hydrogen-bond acceptors (Lipinski definition) is 4. The fourth-order valence-electron chi connectivity index (χ4n) is 13.3. The van der Waals surface area contributed by atoms with Crippen LogP contribution in [-0.4, -0.2) is 18.3 Å². The number of hydrogen-bond donors (Lipinski definition) is 0. The molecule has 11 aromatic carbocycles. The number of aromatic nitrogens is 4. The quantitative estimate of drug-likeness (QED) is 0.176. The van der Waals surface area contributed by atoms with E-state index in [4.69, 9.17) is 8.83 Å². The van der Waals surface area contributed by atoms with E-state index in [-0.39, 0.29) is 11.1 Å². The number of nitrogens with zero attached hydrogens (tertiary/aromatic N) is 6. The monoisotopic (exact) mass is 996 g/mol. The zero-order valence-corrected chi connectivity index (χ0v) is 42.1. The first-order chi connectivity index (χ1) is 38.4. The molecule has 0 fully saturated rings. The van der Waals surface area contributed by atoms with Gasteiger partial charge in [-0.2, -0.15) is 10.5 Å². The molecule has 6 heterocycles. The molecule has 362 valence electrons. The number of rotatable bonds is 4. The second kappa shape index (κ2) is 15.4. The second-order valence-corrected chi connectivity index (χ2v) is 20.7. The summed E-state index contributed by atoms with van der Waals surface area (Å²) in [6.45, 7) is 4.24. The van der Waals surface area contributed by atoms with Gasteiger partial charge < -0.3 is 27.1 Å². The van der Waals surface area contributed by atoms with Gasteiger partial charge in [0.05, 0.1) is 78.0 Å². The van der Waals surface area contributed by atoms with Crippen molar-refractivity contribution in [2.75, 3.05) is 0 Å². The lowest BCUT2D eigenvalue weighted by molar-refractivity contribution is 0.669. The summed E-state index contributed by atoms with van der Waals surface area (Å²) in [6, 6.07) is 77.8. The Morgan fingerprint density at radius 2 is 0.577 bits per heavy atom. The average Bonchev–Trinajstić information content (AvgIpc) is 3.45. The number of aryl methyl sites for hydroxylation is 2. The van der Waals surface area contributed by atoms with Crippen LogP contribution >= 0.6 is 0 Å². The van der Waals surface area contributed by atoms with Gasteiger partial charge >= 0.3 is 0 Å². The molecule has 17 aromatic rings. The fourth-order valence-corrected chi connectivity index (χ4v) is 13.3. The third-order valence-electron chi connectivity index (χ3n) is 16.5. The van der Waals surface area contributed by atoms with Gasteiger partial charge in [0.15, 0.2) is 0 Å². The van der Waals surface area contributed by atoms with Gasteiger partial charge in [-0.1, -0.05) is 132 Å². The Kier molecular flexibility index (Phi) is 8.40. The normalized spacial score (nSPS) is 12.2. The number of benzene rings is 11. The van der Waals surface area contributed by atoms with Gasteiger partial charge in [0.25, 0.3) is 0 Å². The molecule has 0 aliphatic rings. The van der Waals surface area contributed by atoms with Crippen LogP contribution < -0.4 is 0 Å². The molecule has 0 N–H and O–H groups in total. The maximum absolute atomic E-state index is 12.4. The molecule has 0 saturated heterocycles. The van der Waals surface area contributed by atoms with Crippen molar-refractivity contribution in [1.29, 1.82) is 10.5 Å². The first kappa shape index (κ1) is 42.5. The molecule has 78 heavy (non-hydrogen) atoms. The number of nitriles is 2. The highest BCUT2D eigenvalue weighted by Gasteiger charge is 2.35. The molecular weight excluding hydrogens is 957 g/mol. The van der Waals surface area contributed by atoms with Crippen molar-refractivity contribution in [2.24, 2.45) is 0 Å². The van der Waals surface area contributed by atoms with Crippen LogP contribution in [0.3, 0.4) is 0 Å². The molecule has 0 aliphatic carbocycles. The Morgan fingerprint density at radius 3 is 0.949 bits per heavy atom. The topological polar surface area (TPSA) is 93.6 Å². The standard InChI is InChI=1S/C70H40N6O2/c1-39-27-29-59-47(31-39)49-33-51-45-19-7-13-25-63(45)77-65(51)35-61(49)75(59)67-53(37-71)54(38-72)68(76-60-30-28-40(2)32-48(60)50-34-52-46-20-8-14-26-64(46)78-66(52)36-62(50)76)70(74-57-23-11-5-17-43(57)44-18-6-12-24-58(44)74)69(67)73-55-21-9-3-15-41(55)42-16-4-10-22-56(42)73/h3-36H,1-2H3. The minimum atomic E-state index is 0.227. The van der Waals surface area contributed by atoms with Gasteiger partial charge in [-0.15, -0.1) is 0 Å². The Hall–Kier alpha value is -10.8. The Morgan fingerprint density at radius 1 is 0.269 bits per heavy atom. The molecule has 17 rings (SSSR count). The highest BCUT2D eigenvalue weighted by Crippen LogP contribution is 2.50. The highest BCUT2D eigenvalue weighted by atomic mass is 16.3. The van der Waals surface area contributed by atoms with Gasteiger partial charge in [0, 0.05) is 76.8 Å². The second-order valence-electron chi connectivity index (χ2n) is 20.7. The molecule has 0 unspecified atom stereocenters. The van der Waals surface area contributed by atoms with E-state index >= 15 is 0 Å². The van der Waals surface area contributed by atoms with Crippen LogP contribution in [0.15, 0.2) is 215 Å². The average molecular weight is 997 g/mol. The Balaban J connectivity index is 1.19. The Labute approximate surface area is 443 Å². The summed E-state index contributed by atoms with van der Waals surface area (Å²) < 4.78 is 22.6. The summed E-state index contributed by atoms with van der Waals surface area (Å²) in [5, 5.41) is 37.2. The van der Waals surface area contributed by atoms with Crippen molar-refractivity contribution in [1.82, 2.24) is 18.3 Å². The van der Waals surface area contributed by atoms with Crippen LogP contribution in [0.4, 0.5) is 0 Å². The summed E-state index contributed by atoms with van der Waals surface area (Å²) in [6.07, 6.45) is 0. The van der Waals surface area contributed by atoms with Crippen molar-refractivity contribution in [3.05, 3.63) is 229 Å². The molecule has 8 heteroatoms. The smallest absolute Gasteiger partial charge is 0.137 e. The molecule has 8 nitrogen and oxygen atoms in total. The van der Waals surface area contributed by atoms with Gasteiger partial charge in [0.1, 0.15) is 34.5 Å². The van der Waals surface area contributed by atoms with Crippen LogP contribution in [0.5, 0.6) is 0 Å². The zero-order chi connectivity index (χ0) is 51.7. The molecular formula is C70H40N6O2. The van der Waals surface area contributed by atoms with E-state index in [9.17, 15) is 10.5 Å². The minimum Gasteiger partial charge on any atom is -0.456 e. The molecule has 6 aromatic heterocycles. The van der Waals surface area contributed by atoms with Crippen LogP contribution in [0, 0.1) is 36.5 Å². The number of furan rings is 2. The predicted octanol–water partition coefficient (Wildman–Crippen LogP) is 18.2. The molecule has 0 aliphatic heterocycles.